The number of amides is 1. The number of carbonyl (C=O) groups excluding carboxylic acids is 1. The van der Waals surface area contributed by atoms with Gasteiger partial charge in [-0.1, -0.05) is 18.2 Å². The van der Waals surface area contributed by atoms with Gasteiger partial charge in [-0.05, 0) is 37.3 Å². The number of rotatable bonds is 5. The van der Waals surface area contributed by atoms with Crippen LogP contribution in [0.2, 0.25) is 0 Å². The van der Waals surface area contributed by atoms with E-state index < -0.39 is 6.09 Å². The molecule has 2 N–H and O–H groups in total. The van der Waals surface area contributed by atoms with E-state index in [0.29, 0.717) is 17.0 Å². The first-order valence-electron chi connectivity index (χ1n) is 6.79. The molecule has 0 aliphatic rings. The van der Waals surface area contributed by atoms with Gasteiger partial charge in [0.2, 0.25) is 0 Å². The summed E-state index contributed by atoms with van der Waals surface area (Å²) >= 11 is 0. The lowest BCUT2D eigenvalue weighted by atomic mass is 10.2. The molecule has 0 fully saturated rings. The Morgan fingerprint density at radius 2 is 1.86 bits per heavy atom. The molecular formula is C16H17FN2O3. The molecule has 1 amide bonds. The average Bonchev–Trinajstić information content (AvgIpc) is 2.54. The molecule has 116 valence electrons. The average molecular weight is 304 g/mol. The third-order valence-corrected chi connectivity index (χ3v) is 2.93. The number of anilines is 1. The maximum atomic E-state index is 13.5. The Morgan fingerprint density at radius 1 is 1.18 bits per heavy atom. The first kappa shape index (κ1) is 15.8. The highest BCUT2D eigenvalue weighted by molar-refractivity contribution is 5.86. The molecule has 2 rings (SSSR count). The fourth-order valence-electron chi connectivity index (χ4n) is 1.78. The smallest absolute Gasteiger partial charge is 0.428 e. The van der Waals surface area contributed by atoms with Gasteiger partial charge in [-0.2, -0.15) is 0 Å². The molecular weight excluding hydrogens is 287 g/mol. The Hall–Kier alpha value is -2.60. The molecule has 0 heterocycles. The number of halogens is 1. The van der Waals surface area contributed by atoms with Gasteiger partial charge in [0.15, 0.2) is 0 Å². The molecule has 0 aliphatic heterocycles. The van der Waals surface area contributed by atoms with Crippen molar-refractivity contribution in [2.45, 2.75) is 13.5 Å². The monoisotopic (exact) mass is 304 g/mol. The van der Waals surface area contributed by atoms with Gasteiger partial charge in [-0.15, -0.1) is 0 Å². The normalized spacial score (nSPS) is 10.1. The molecule has 0 radical (unpaired) electrons. The Kier molecular flexibility index (Phi) is 5.32. The maximum Gasteiger partial charge on any atom is 0.428 e. The number of hydrogen-bond acceptors (Lipinski definition) is 4. The van der Waals surface area contributed by atoms with Crippen molar-refractivity contribution >= 4 is 11.8 Å². The van der Waals surface area contributed by atoms with E-state index in [4.69, 9.17) is 15.3 Å². The zero-order valence-electron chi connectivity index (χ0n) is 12.2. The number of hydrogen-bond donors (Lipinski definition) is 1. The lowest BCUT2D eigenvalue weighted by molar-refractivity contribution is 0.160. The summed E-state index contributed by atoms with van der Waals surface area (Å²) in [5.41, 5.74) is 0.940. The van der Waals surface area contributed by atoms with Gasteiger partial charge in [-0.3, -0.25) is 0 Å². The second kappa shape index (κ2) is 7.42. The predicted molar refractivity (Wildman–Crippen MR) is 80.9 cm³/mol. The van der Waals surface area contributed by atoms with E-state index in [1.165, 1.54) is 6.07 Å². The Bertz CT molecular complexity index is 632. The summed E-state index contributed by atoms with van der Waals surface area (Å²) in [4.78, 5) is 11.5. The van der Waals surface area contributed by atoms with Crippen molar-refractivity contribution < 1.29 is 18.7 Å². The fourth-order valence-corrected chi connectivity index (χ4v) is 1.78. The van der Waals surface area contributed by atoms with Gasteiger partial charge >= 0.3 is 6.09 Å². The van der Waals surface area contributed by atoms with Crippen LogP contribution in [-0.2, 0) is 11.3 Å². The van der Waals surface area contributed by atoms with Crippen LogP contribution < -0.4 is 15.6 Å². The lowest BCUT2D eigenvalue weighted by Crippen LogP contribution is -2.37. The first-order valence-corrected chi connectivity index (χ1v) is 6.79. The number of nitrogens with two attached hydrogens (primary N) is 1. The van der Waals surface area contributed by atoms with Crippen molar-refractivity contribution in [3.05, 3.63) is 59.9 Å². The highest BCUT2D eigenvalue weighted by atomic mass is 19.1. The van der Waals surface area contributed by atoms with Crippen molar-refractivity contribution in [3.8, 4) is 5.75 Å². The molecule has 0 atom stereocenters. The lowest BCUT2D eigenvalue weighted by Gasteiger charge is -2.16. The molecule has 0 unspecified atom stereocenters. The second-order valence-electron chi connectivity index (χ2n) is 4.44. The van der Waals surface area contributed by atoms with E-state index in [1.54, 1.807) is 49.4 Å². The summed E-state index contributed by atoms with van der Waals surface area (Å²) in [6.45, 7) is 2.07. The highest BCUT2D eigenvalue weighted by Gasteiger charge is 2.12. The molecule has 22 heavy (non-hydrogen) atoms. The SMILES string of the molecule is CCOC(=O)N(N)c1ccc(OCc2ccccc2F)cc1. The molecule has 0 spiro atoms. The third-order valence-electron chi connectivity index (χ3n) is 2.93. The molecule has 0 bridgehead atoms. The van der Waals surface area contributed by atoms with Crippen molar-refractivity contribution in [3.63, 3.8) is 0 Å². The quantitative estimate of drug-likeness (QED) is 0.523. The van der Waals surface area contributed by atoms with Crippen molar-refractivity contribution in [2.24, 2.45) is 5.84 Å². The minimum absolute atomic E-state index is 0.121. The zero-order valence-corrected chi connectivity index (χ0v) is 12.2. The van der Waals surface area contributed by atoms with Gasteiger partial charge in [0, 0.05) is 5.56 Å². The topological polar surface area (TPSA) is 64.8 Å². The van der Waals surface area contributed by atoms with E-state index in [0.717, 1.165) is 5.01 Å². The van der Waals surface area contributed by atoms with Crippen LogP contribution >= 0.6 is 0 Å². The van der Waals surface area contributed by atoms with Crippen LogP contribution in [0.1, 0.15) is 12.5 Å². The number of ether oxygens (including phenoxy) is 2. The minimum atomic E-state index is -0.637. The van der Waals surface area contributed by atoms with E-state index in [1.807, 2.05) is 0 Å². The first-order chi connectivity index (χ1) is 10.6. The standard InChI is InChI=1S/C16H17FN2O3/c1-2-21-16(20)19(18)13-7-9-14(10-8-13)22-11-12-5-3-4-6-15(12)17/h3-10H,2,11,18H2,1H3. The maximum absolute atomic E-state index is 13.5. The van der Waals surface area contributed by atoms with Crippen LogP contribution in [0.25, 0.3) is 0 Å². The van der Waals surface area contributed by atoms with Crippen molar-refractivity contribution in [2.75, 3.05) is 11.6 Å². The molecule has 0 saturated heterocycles. The summed E-state index contributed by atoms with van der Waals surface area (Å²) < 4.78 is 23.8. The molecule has 5 nitrogen and oxygen atoms in total. The van der Waals surface area contributed by atoms with Crippen LogP contribution in [0.3, 0.4) is 0 Å². The van der Waals surface area contributed by atoms with E-state index in [2.05, 4.69) is 0 Å². The summed E-state index contributed by atoms with van der Waals surface area (Å²) in [5.74, 6) is 5.86. The van der Waals surface area contributed by atoms with Gasteiger partial charge < -0.3 is 9.47 Å². The van der Waals surface area contributed by atoms with E-state index in [-0.39, 0.29) is 19.0 Å². The molecule has 0 aliphatic carbocycles. The molecule has 2 aromatic rings. The molecule has 2 aromatic carbocycles. The fraction of sp³-hybridized carbons (Fsp3) is 0.188. The zero-order chi connectivity index (χ0) is 15.9. The van der Waals surface area contributed by atoms with Crippen LogP contribution in [0.5, 0.6) is 5.75 Å². The van der Waals surface area contributed by atoms with Gasteiger partial charge in [0.25, 0.3) is 0 Å². The second-order valence-corrected chi connectivity index (χ2v) is 4.44. The number of hydrazine groups is 1. The number of nitrogens with zero attached hydrogens (tertiary/aromatic N) is 1. The molecule has 6 heteroatoms. The number of benzene rings is 2. The van der Waals surface area contributed by atoms with Crippen LogP contribution in [0, 0.1) is 5.82 Å². The molecule has 0 saturated carbocycles. The van der Waals surface area contributed by atoms with Gasteiger partial charge in [0.05, 0.1) is 12.3 Å². The third kappa shape index (κ3) is 3.95. The van der Waals surface area contributed by atoms with Crippen LogP contribution in [0.15, 0.2) is 48.5 Å². The van der Waals surface area contributed by atoms with E-state index >= 15 is 0 Å². The van der Waals surface area contributed by atoms with Crippen molar-refractivity contribution in [1.82, 2.24) is 0 Å². The Labute approximate surface area is 128 Å². The largest absolute Gasteiger partial charge is 0.489 e. The summed E-state index contributed by atoms with van der Waals surface area (Å²) in [7, 11) is 0. The summed E-state index contributed by atoms with van der Waals surface area (Å²) in [6, 6.07) is 12.9. The highest BCUT2D eigenvalue weighted by Crippen LogP contribution is 2.19. The Balaban J connectivity index is 1.97. The number of carbonyl (C=O) groups is 1. The van der Waals surface area contributed by atoms with E-state index in [9.17, 15) is 9.18 Å². The summed E-state index contributed by atoms with van der Waals surface area (Å²) in [5, 5.41) is 0.907. The van der Waals surface area contributed by atoms with Crippen LogP contribution in [0.4, 0.5) is 14.9 Å². The van der Waals surface area contributed by atoms with Crippen LogP contribution in [-0.4, -0.2) is 12.7 Å². The van der Waals surface area contributed by atoms with Crippen molar-refractivity contribution in [1.29, 1.82) is 0 Å². The Morgan fingerprint density at radius 3 is 2.50 bits per heavy atom. The van der Waals surface area contributed by atoms with Gasteiger partial charge in [-0.25, -0.2) is 20.0 Å². The van der Waals surface area contributed by atoms with Gasteiger partial charge in [0.1, 0.15) is 18.2 Å². The molecule has 0 aromatic heterocycles. The summed E-state index contributed by atoms with van der Waals surface area (Å²) in [6.07, 6.45) is -0.637. The predicted octanol–water partition coefficient (Wildman–Crippen LogP) is 3.24. The minimum Gasteiger partial charge on any atom is -0.489 e.